The van der Waals surface area contributed by atoms with Crippen LogP contribution in [0.15, 0.2) is 24.3 Å². The minimum Gasteiger partial charge on any atom is -0.320 e. The van der Waals surface area contributed by atoms with E-state index in [9.17, 15) is 9.59 Å². The lowest BCUT2D eigenvalue weighted by molar-refractivity contribution is -0.125. The third-order valence-electron chi connectivity index (χ3n) is 2.70. The summed E-state index contributed by atoms with van der Waals surface area (Å²) in [6.07, 6.45) is -0.169. The molecule has 1 aliphatic rings. The van der Waals surface area contributed by atoms with Gasteiger partial charge in [-0.2, -0.15) is 0 Å². The lowest BCUT2D eigenvalue weighted by Crippen LogP contribution is -2.50. The number of para-hydroxylation sites is 1. The number of anilines is 1. The zero-order chi connectivity index (χ0) is 13.3. The fraction of sp³-hybridized carbons (Fsp3) is 0.333. The van der Waals surface area contributed by atoms with E-state index in [1.54, 1.807) is 26.2 Å². The van der Waals surface area contributed by atoms with Gasteiger partial charge in [-0.15, -0.1) is 17.5 Å². The number of fused-ring (bicyclic) bond motifs is 1. The molecular formula is C12H16ClN3O3. The summed E-state index contributed by atoms with van der Waals surface area (Å²) in [5, 5.41) is 0.978. The Morgan fingerprint density at radius 2 is 2.05 bits per heavy atom. The van der Waals surface area contributed by atoms with Gasteiger partial charge in [-0.3, -0.25) is 4.79 Å². The first-order chi connectivity index (χ1) is 8.50. The molecule has 0 saturated heterocycles. The topological polar surface area (TPSA) is 75.9 Å². The maximum atomic E-state index is 12.0. The second-order valence-electron chi connectivity index (χ2n) is 4.32. The van der Waals surface area contributed by atoms with Crippen molar-refractivity contribution in [2.75, 3.05) is 19.2 Å². The number of rotatable bonds is 1. The van der Waals surface area contributed by atoms with E-state index in [4.69, 9.17) is 10.6 Å². The molecule has 0 aromatic heterocycles. The zero-order valence-electron chi connectivity index (χ0n) is 10.7. The van der Waals surface area contributed by atoms with E-state index in [1.807, 2.05) is 12.1 Å². The molecule has 104 valence electrons. The van der Waals surface area contributed by atoms with Crippen LogP contribution in [0.2, 0.25) is 0 Å². The first-order valence-electron chi connectivity index (χ1n) is 5.57. The summed E-state index contributed by atoms with van der Waals surface area (Å²) >= 11 is 0. The molecule has 0 saturated carbocycles. The highest BCUT2D eigenvalue weighted by molar-refractivity contribution is 5.99. The van der Waals surface area contributed by atoms with Crippen LogP contribution in [-0.2, 0) is 16.1 Å². The number of nitrogens with zero attached hydrogens (tertiary/aromatic N) is 2. The standard InChI is InChI=1S/C12H15N3O3.ClH/c1-14(2)12(17)18-15-10-6-4-3-5-8(10)7-9(13)11(15)16;/h3-6,9H,7,13H2,1-2H3;1H. The average Bonchev–Trinajstić information content (AvgIpc) is 2.34. The van der Waals surface area contributed by atoms with E-state index in [0.29, 0.717) is 12.1 Å². The molecule has 1 aliphatic heterocycles. The van der Waals surface area contributed by atoms with Gasteiger partial charge in [0, 0.05) is 14.1 Å². The van der Waals surface area contributed by atoms with Crippen LogP contribution in [-0.4, -0.2) is 37.0 Å². The molecule has 2 N–H and O–H groups in total. The first kappa shape index (κ1) is 15.3. The summed E-state index contributed by atoms with van der Waals surface area (Å²) in [4.78, 5) is 29.8. The van der Waals surface area contributed by atoms with E-state index < -0.39 is 18.0 Å². The summed E-state index contributed by atoms with van der Waals surface area (Å²) in [6, 6.07) is 6.53. The quantitative estimate of drug-likeness (QED) is 0.833. The molecule has 1 aromatic rings. The fourth-order valence-corrected chi connectivity index (χ4v) is 1.73. The van der Waals surface area contributed by atoms with Crippen LogP contribution in [0.4, 0.5) is 10.5 Å². The van der Waals surface area contributed by atoms with Gasteiger partial charge in [0.2, 0.25) is 0 Å². The number of carbonyl (C=O) groups is 2. The molecule has 0 radical (unpaired) electrons. The van der Waals surface area contributed by atoms with Crippen molar-refractivity contribution in [1.29, 1.82) is 0 Å². The van der Waals surface area contributed by atoms with Crippen molar-refractivity contribution in [2.24, 2.45) is 5.73 Å². The summed E-state index contributed by atoms with van der Waals surface area (Å²) in [6.45, 7) is 0. The second kappa shape index (κ2) is 5.90. The summed E-state index contributed by atoms with van der Waals surface area (Å²) < 4.78 is 0. The average molecular weight is 286 g/mol. The Morgan fingerprint density at radius 3 is 2.68 bits per heavy atom. The highest BCUT2D eigenvalue weighted by atomic mass is 35.5. The van der Waals surface area contributed by atoms with Crippen LogP contribution in [0.25, 0.3) is 0 Å². The van der Waals surface area contributed by atoms with Crippen LogP contribution in [0.3, 0.4) is 0 Å². The van der Waals surface area contributed by atoms with Crippen LogP contribution >= 0.6 is 12.4 Å². The molecule has 0 bridgehead atoms. The van der Waals surface area contributed by atoms with Gasteiger partial charge in [-0.05, 0) is 18.1 Å². The maximum absolute atomic E-state index is 12.0. The Labute approximate surface area is 117 Å². The third kappa shape index (κ3) is 2.97. The monoisotopic (exact) mass is 285 g/mol. The van der Waals surface area contributed by atoms with Crippen LogP contribution in [0, 0.1) is 0 Å². The zero-order valence-corrected chi connectivity index (χ0v) is 11.5. The van der Waals surface area contributed by atoms with Crippen molar-refractivity contribution in [1.82, 2.24) is 4.90 Å². The molecule has 0 aliphatic carbocycles. The highest BCUT2D eigenvalue weighted by Gasteiger charge is 2.33. The van der Waals surface area contributed by atoms with E-state index in [1.165, 1.54) is 4.90 Å². The lowest BCUT2D eigenvalue weighted by Gasteiger charge is -2.31. The lowest BCUT2D eigenvalue weighted by atomic mass is 9.99. The SMILES string of the molecule is CN(C)C(=O)ON1C(=O)C(N)Cc2ccccc21.Cl. The predicted molar refractivity (Wildman–Crippen MR) is 73.0 cm³/mol. The van der Waals surface area contributed by atoms with Crippen molar-refractivity contribution in [2.45, 2.75) is 12.5 Å². The van der Waals surface area contributed by atoms with Gasteiger partial charge in [-0.1, -0.05) is 18.2 Å². The number of hydrogen-bond acceptors (Lipinski definition) is 4. The Morgan fingerprint density at radius 1 is 1.42 bits per heavy atom. The third-order valence-corrected chi connectivity index (χ3v) is 2.70. The maximum Gasteiger partial charge on any atom is 0.434 e. The fourth-order valence-electron chi connectivity index (χ4n) is 1.73. The van der Waals surface area contributed by atoms with E-state index >= 15 is 0 Å². The molecular weight excluding hydrogens is 270 g/mol. The van der Waals surface area contributed by atoms with E-state index in [-0.39, 0.29) is 12.4 Å². The largest absolute Gasteiger partial charge is 0.434 e. The number of hydroxylamine groups is 1. The molecule has 1 aromatic carbocycles. The molecule has 6 nitrogen and oxygen atoms in total. The molecule has 2 amide bonds. The van der Waals surface area contributed by atoms with Crippen molar-refractivity contribution < 1.29 is 14.4 Å². The van der Waals surface area contributed by atoms with E-state index in [2.05, 4.69) is 0 Å². The summed E-state index contributed by atoms with van der Waals surface area (Å²) in [5.41, 5.74) is 7.19. The predicted octanol–water partition coefficient (Wildman–Crippen LogP) is 0.938. The number of nitrogens with two attached hydrogens (primary N) is 1. The number of hydrogen-bond donors (Lipinski definition) is 1. The Balaban J connectivity index is 0.00000180. The molecule has 1 unspecified atom stereocenters. The van der Waals surface area contributed by atoms with Gasteiger partial charge in [0.1, 0.15) is 0 Å². The Hall–Kier alpha value is -1.79. The van der Waals surface area contributed by atoms with E-state index in [0.717, 1.165) is 10.6 Å². The van der Waals surface area contributed by atoms with Gasteiger partial charge >= 0.3 is 6.09 Å². The number of benzene rings is 1. The van der Waals surface area contributed by atoms with Crippen molar-refractivity contribution in [3.8, 4) is 0 Å². The molecule has 1 heterocycles. The van der Waals surface area contributed by atoms with Crippen LogP contribution in [0.1, 0.15) is 5.56 Å². The Bertz CT molecular complexity index is 493. The van der Waals surface area contributed by atoms with Crippen LogP contribution < -0.4 is 10.8 Å². The molecule has 7 heteroatoms. The first-order valence-corrected chi connectivity index (χ1v) is 5.57. The molecule has 1 atom stereocenters. The van der Waals surface area contributed by atoms with Gasteiger partial charge in [0.25, 0.3) is 5.91 Å². The number of amides is 2. The molecule has 0 fully saturated rings. The highest BCUT2D eigenvalue weighted by Crippen LogP contribution is 2.27. The van der Waals surface area contributed by atoms with Gasteiger partial charge < -0.3 is 15.5 Å². The number of halogens is 1. The summed E-state index contributed by atoms with van der Waals surface area (Å²) in [7, 11) is 3.09. The molecule has 0 spiro atoms. The Kier molecular flexibility index (Phi) is 4.74. The van der Waals surface area contributed by atoms with Crippen molar-refractivity contribution >= 4 is 30.1 Å². The normalized spacial score (nSPS) is 17.3. The van der Waals surface area contributed by atoms with Gasteiger partial charge in [-0.25, -0.2) is 4.79 Å². The van der Waals surface area contributed by atoms with Crippen molar-refractivity contribution in [3.05, 3.63) is 29.8 Å². The van der Waals surface area contributed by atoms with Gasteiger partial charge in [0.15, 0.2) is 0 Å². The number of carbonyl (C=O) groups excluding carboxylic acids is 2. The van der Waals surface area contributed by atoms with Gasteiger partial charge in [0.05, 0.1) is 11.7 Å². The summed E-state index contributed by atoms with van der Waals surface area (Å²) in [5.74, 6) is -0.413. The smallest absolute Gasteiger partial charge is 0.320 e. The molecule has 19 heavy (non-hydrogen) atoms. The second-order valence-corrected chi connectivity index (χ2v) is 4.32. The minimum atomic E-state index is -0.685. The minimum absolute atomic E-state index is 0. The van der Waals surface area contributed by atoms with Crippen molar-refractivity contribution in [3.63, 3.8) is 0 Å². The molecule has 2 rings (SSSR count). The van der Waals surface area contributed by atoms with Crippen LogP contribution in [0.5, 0.6) is 0 Å².